The second-order valence-electron chi connectivity index (χ2n) is 5.67. The second-order valence-corrected chi connectivity index (χ2v) is 5.67. The highest BCUT2D eigenvalue weighted by atomic mass is 16.5. The van der Waals surface area contributed by atoms with Crippen LogP contribution in [0, 0.1) is 5.92 Å². The number of nitrogens with one attached hydrogen (secondary N) is 2. The molecule has 0 amide bonds. The van der Waals surface area contributed by atoms with Gasteiger partial charge in [0, 0.05) is 18.1 Å². The van der Waals surface area contributed by atoms with Gasteiger partial charge < -0.3 is 15.4 Å². The molecule has 112 valence electrons. The summed E-state index contributed by atoms with van der Waals surface area (Å²) in [5.74, 6) is 2.61. The Morgan fingerprint density at radius 3 is 3.14 bits per heavy atom. The van der Waals surface area contributed by atoms with E-state index in [1.807, 2.05) is 24.4 Å². The minimum absolute atomic E-state index is 0.788. The minimum atomic E-state index is 0.788. The molecular weight excluding hydrogens is 262 g/mol. The van der Waals surface area contributed by atoms with Gasteiger partial charge in [0.25, 0.3) is 0 Å². The van der Waals surface area contributed by atoms with E-state index in [-0.39, 0.29) is 0 Å². The minimum Gasteiger partial charge on any atom is -0.497 e. The molecule has 1 unspecified atom stereocenters. The molecule has 2 aromatic rings. The van der Waals surface area contributed by atoms with Gasteiger partial charge in [-0.3, -0.25) is 0 Å². The summed E-state index contributed by atoms with van der Waals surface area (Å²) >= 11 is 0. The summed E-state index contributed by atoms with van der Waals surface area (Å²) in [5, 5.41) is 9.27. The highest BCUT2D eigenvalue weighted by Gasteiger charge is 2.12. The summed E-state index contributed by atoms with van der Waals surface area (Å²) < 4.78 is 5.31. The van der Waals surface area contributed by atoms with E-state index in [9.17, 15) is 0 Å². The van der Waals surface area contributed by atoms with Gasteiger partial charge in [0.1, 0.15) is 11.6 Å². The van der Waals surface area contributed by atoms with Crippen molar-refractivity contribution in [1.29, 1.82) is 0 Å². The van der Waals surface area contributed by atoms with Gasteiger partial charge in [-0.1, -0.05) is 6.07 Å². The Morgan fingerprint density at radius 2 is 2.33 bits per heavy atom. The number of pyridine rings is 1. The van der Waals surface area contributed by atoms with Crippen LogP contribution in [0.15, 0.2) is 30.5 Å². The van der Waals surface area contributed by atoms with Crippen LogP contribution < -0.4 is 15.4 Å². The lowest BCUT2D eigenvalue weighted by Gasteiger charge is -2.22. The molecule has 1 aliphatic heterocycles. The van der Waals surface area contributed by atoms with Crippen LogP contribution in [-0.2, 0) is 0 Å². The zero-order valence-electron chi connectivity index (χ0n) is 12.6. The van der Waals surface area contributed by atoms with Gasteiger partial charge in [0.05, 0.1) is 7.11 Å². The first-order valence-electron chi connectivity index (χ1n) is 7.74. The molecule has 2 N–H and O–H groups in total. The van der Waals surface area contributed by atoms with Crippen LogP contribution in [0.5, 0.6) is 5.75 Å². The number of piperidine rings is 1. The maximum absolute atomic E-state index is 5.31. The van der Waals surface area contributed by atoms with E-state index >= 15 is 0 Å². The Balaban J connectivity index is 1.68. The quantitative estimate of drug-likeness (QED) is 0.886. The molecule has 1 atom stereocenters. The van der Waals surface area contributed by atoms with Crippen LogP contribution in [0.25, 0.3) is 10.8 Å². The molecule has 4 nitrogen and oxygen atoms in total. The largest absolute Gasteiger partial charge is 0.497 e. The molecule has 4 heteroatoms. The summed E-state index contributed by atoms with van der Waals surface area (Å²) in [6.07, 6.45) is 5.69. The SMILES string of the molecule is COc1ccc2ccnc(NCCC3CCCNC3)c2c1. The first kappa shape index (κ1) is 14.1. The molecule has 3 rings (SSSR count). The van der Waals surface area contributed by atoms with Gasteiger partial charge in [-0.25, -0.2) is 4.98 Å². The molecular formula is C17H23N3O. The number of rotatable bonds is 5. The predicted molar refractivity (Wildman–Crippen MR) is 87.0 cm³/mol. The maximum atomic E-state index is 5.31. The van der Waals surface area contributed by atoms with Crippen molar-refractivity contribution in [2.75, 3.05) is 32.1 Å². The number of anilines is 1. The van der Waals surface area contributed by atoms with Crippen molar-refractivity contribution in [3.63, 3.8) is 0 Å². The standard InChI is InChI=1S/C17H23N3O/c1-21-15-5-4-14-7-10-20-17(16(14)11-15)19-9-6-13-3-2-8-18-12-13/h4-5,7,10-11,13,18H,2-3,6,8-9,12H2,1H3,(H,19,20). The second kappa shape index (κ2) is 6.76. The van der Waals surface area contributed by atoms with Gasteiger partial charge in [0.2, 0.25) is 0 Å². The van der Waals surface area contributed by atoms with E-state index in [0.29, 0.717) is 0 Å². The topological polar surface area (TPSA) is 46.2 Å². The van der Waals surface area contributed by atoms with Crippen LogP contribution in [0.1, 0.15) is 19.3 Å². The zero-order valence-corrected chi connectivity index (χ0v) is 12.6. The molecule has 0 bridgehead atoms. The van der Waals surface area contributed by atoms with Crippen molar-refractivity contribution in [3.05, 3.63) is 30.5 Å². The first-order valence-corrected chi connectivity index (χ1v) is 7.74. The van der Waals surface area contributed by atoms with Gasteiger partial charge in [0.15, 0.2) is 0 Å². The van der Waals surface area contributed by atoms with E-state index in [4.69, 9.17) is 4.74 Å². The van der Waals surface area contributed by atoms with E-state index in [0.717, 1.165) is 36.0 Å². The lowest BCUT2D eigenvalue weighted by atomic mass is 9.96. The number of nitrogens with zero attached hydrogens (tertiary/aromatic N) is 1. The Labute approximate surface area is 125 Å². The third-order valence-electron chi connectivity index (χ3n) is 4.22. The summed E-state index contributed by atoms with van der Waals surface area (Å²) in [5.41, 5.74) is 0. The van der Waals surface area contributed by atoms with Crippen LogP contribution in [0.2, 0.25) is 0 Å². The van der Waals surface area contributed by atoms with Crippen molar-refractivity contribution < 1.29 is 4.74 Å². The van der Waals surface area contributed by atoms with Crippen molar-refractivity contribution >= 4 is 16.6 Å². The highest BCUT2D eigenvalue weighted by Crippen LogP contribution is 2.26. The molecule has 2 heterocycles. The van der Waals surface area contributed by atoms with Crippen LogP contribution in [0.4, 0.5) is 5.82 Å². The van der Waals surface area contributed by atoms with Gasteiger partial charge >= 0.3 is 0 Å². The third-order valence-corrected chi connectivity index (χ3v) is 4.22. The number of aromatic nitrogens is 1. The van der Waals surface area contributed by atoms with Crippen molar-refractivity contribution in [2.24, 2.45) is 5.92 Å². The smallest absolute Gasteiger partial charge is 0.133 e. The van der Waals surface area contributed by atoms with Crippen LogP contribution in [0.3, 0.4) is 0 Å². The van der Waals surface area contributed by atoms with Crippen LogP contribution in [-0.4, -0.2) is 31.7 Å². The average Bonchev–Trinajstić information content (AvgIpc) is 2.55. The Hall–Kier alpha value is -1.81. The summed E-state index contributed by atoms with van der Waals surface area (Å²) in [6.45, 7) is 3.29. The van der Waals surface area contributed by atoms with Crippen molar-refractivity contribution in [1.82, 2.24) is 10.3 Å². The predicted octanol–water partition coefficient (Wildman–Crippen LogP) is 3.05. The lowest BCUT2D eigenvalue weighted by molar-refractivity contribution is 0.364. The van der Waals surface area contributed by atoms with Gasteiger partial charge in [-0.2, -0.15) is 0 Å². The number of benzene rings is 1. The van der Waals surface area contributed by atoms with Gasteiger partial charge in [-0.05, 0) is 61.9 Å². The van der Waals surface area contributed by atoms with E-state index in [1.54, 1.807) is 7.11 Å². The normalized spacial score (nSPS) is 18.6. The monoisotopic (exact) mass is 285 g/mol. The highest BCUT2D eigenvalue weighted by molar-refractivity contribution is 5.92. The summed E-state index contributed by atoms with van der Waals surface area (Å²) in [6, 6.07) is 8.14. The molecule has 1 saturated heterocycles. The molecule has 0 spiro atoms. The number of methoxy groups -OCH3 is 1. The zero-order chi connectivity index (χ0) is 14.5. The molecule has 0 aliphatic carbocycles. The van der Waals surface area contributed by atoms with Crippen molar-refractivity contribution in [2.45, 2.75) is 19.3 Å². The fraction of sp³-hybridized carbons (Fsp3) is 0.471. The first-order chi connectivity index (χ1) is 10.4. The van der Waals surface area contributed by atoms with E-state index < -0.39 is 0 Å². The molecule has 1 aromatic heterocycles. The molecule has 1 fully saturated rings. The maximum Gasteiger partial charge on any atom is 0.133 e. The van der Waals surface area contributed by atoms with E-state index in [2.05, 4.69) is 21.7 Å². The summed E-state index contributed by atoms with van der Waals surface area (Å²) in [4.78, 5) is 4.48. The Bertz CT molecular complexity index is 594. The Morgan fingerprint density at radius 1 is 1.38 bits per heavy atom. The number of hydrogen-bond donors (Lipinski definition) is 2. The number of ether oxygens (including phenoxy) is 1. The molecule has 0 radical (unpaired) electrons. The molecule has 21 heavy (non-hydrogen) atoms. The van der Waals surface area contributed by atoms with Gasteiger partial charge in [-0.15, -0.1) is 0 Å². The van der Waals surface area contributed by atoms with E-state index in [1.165, 1.54) is 31.2 Å². The molecule has 1 aliphatic rings. The molecule has 0 saturated carbocycles. The van der Waals surface area contributed by atoms with Crippen molar-refractivity contribution in [3.8, 4) is 5.75 Å². The fourth-order valence-electron chi connectivity index (χ4n) is 2.98. The third kappa shape index (κ3) is 3.45. The average molecular weight is 285 g/mol. The lowest BCUT2D eigenvalue weighted by Crippen LogP contribution is -2.30. The van der Waals surface area contributed by atoms with Crippen LogP contribution >= 0.6 is 0 Å². The number of hydrogen-bond acceptors (Lipinski definition) is 4. The number of fused-ring (bicyclic) bond motifs is 1. The fourth-order valence-corrected chi connectivity index (χ4v) is 2.98. The summed E-state index contributed by atoms with van der Waals surface area (Å²) in [7, 11) is 1.70. The Kier molecular flexibility index (Phi) is 4.55. The molecule has 1 aromatic carbocycles.